The van der Waals surface area contributed by atoms with Crippen molar-refractivity contribution in [2.45, 2.75) is 6.82 Å². The second-order valence-electron chi connectivity index (χ2n) is 3.73. The lowest BCUT2D eigenvalue weighted by molar-refractivity contribution is 1.26. The fourth-order valence-corrected chi connectivity index (χ4v) is 1.83. The Kier molecular flexibility index (Phi) is 3.32. The minimum absolute atomic E-state index is 0.0533. The summed E-state index contributed by atoms with van der Waals surface area (Å²) in [6.45, 7) is 1.82. The molecule has 96 valence electrons. The van der Waals surface area contributed by atoms with E-state index >= 15 is 0 Å². The molecule has 0 saturated heterocycles. The van der Waals surface area contributed by atoms with Crippen molar-refractivity contribution < 1.29 is 0 Å². The molecule has 0 radical (unpaired) electrons. The molecule has 6 nitrogen and oxygen atoms in total. The van der Waals surface area contributed by atoms with Gasteiger partial charge in [-0.3, -0.25) is 29.1 Å². The lowest BCUT2D eigenvalue weighted by atomic mass is 10.1. The monoisotopic (exact) mass is 371 g/mol. The molecular formula is C11H8BIN2O4. The SMILES string of the molecule is O=c1[nH]c(=O)c2cc3c(=O)[nH]c(=O)c3cc12.[2H]B(C)I. The lowest BCUT2D eigenvalue weighted by Gasteiger charge is -1.86. The first kappa shape index (κ1) is 12.3. The Labute approximate surface area is 121 Å². The van der Waals surface area contributed by atoms with Crippen LogP contribution < -0.4 is 22.2 Å². The largest absolute Gasteiger partial charge is 0.288 e. The first-order valence-corrected chi connectivity index (χ1v) is 6.51. The van der Waals surface area contributed by atoms with E-state index in [0.29, 0.717) is 0 Å². The summed E-state index contributed by atoms with van der Waals surface area (Å²) in [5, 5.41) is 0.585. The first-order chi connectivity index (χ1) is 9.31. The second kappa shape index (κ2) is 5.12. The summed E-state index contributed by atoms with van der Waals surface area (Å²) in [4.78, 5) is 49.4. The maximum atomic E-state index is 11.3. The zero-order valence-corrected chi connectivity index (χ0v) is 11.9. The number of hydrogen-bond donors (Lipinski definition) is 2. The molecule has 8 heteroatoms. The number of aromatic amines is 2. The fourth-order valence-electron chi connectivity index (χ4n) is 1.83. The van der Waals surface area contributed by atoms with E-state index in [1.807, 2.05) is 29.2 Å². The summed E-state index contributed by atoms with van der Waals surface area (Å²) in [7, 11) is 0. The van der Waals surface area contributed by atoms with Crippen LogP contribution in [0.3, 0.4) is 0 Å². The van der Waals surface area contributed by atoms with Crippen LogP contribution in [-0.2, 0) is 0 Å². The minimum atomic E-state index is -0.546. The van der Waals surface area contributed by atoms with E-state index in [4.69, 9.17) is 1.34 Å². The molecular weight excluding hydrogens is 362 g/mol. The molecule has 0 aliphatic rings. The van der Waals surface area contributed by atoms with Crippen LogP contribution in [0.15, 0.2) is 31.3 Å². The smallest absolute Gasteiger partial charge is 0.258 e. The summed E-state index contributed by atoms with van der Waals surface area (Å²) in [5.74, 6) is 0. The second-order valence-corrected chi connectivity index (χ2v) is 4.97. The summed E-state index contributed by atoms with van der Waals surface area (Å²) in [6, 6.07) is 2.54. The molecule has 0 unspecified atom stereocenters. The van der Waals surface area contributed by atoms with Crippen LogP contribution >= 0.6 is 22.4 Å². The maximum absolute atomic E-state index is 11.3. The van der Waals surface area contributed by atoms with Crippen molar-refractivity contribution in [1.29, 1.82) is 1.34 Å². The van der Waals surface area contributed by atoms with E-state index in [9.17, 15) is 19.2 Å². The standard InChI is InChI=1S/C10H4N2O4.CH4BI/c13-7-3-1-4-6(10(16)12-8(4)14)2-5(3)9(15)11-7;1-2-3/h1-2H,(H,11,13,15)(H,12,14,16);2H,1H3/i;2D. The molecule has 0 aliphatic carbocycles. The van der Waals surface area contributed by atoms with Gasteiger partial charge in [0.1, 0.15) is 0 Å². The third-order valence-electron chi connectivity index (χ3n) is 2.59. The number of aromatic nitrogens is 2. The Morgan fingerprint density at radius 3 is 1.32 bits per heavy atom. The molecule has 2 N–H and O–H groups in total. The van der Waals surface area contributed by atoms with Crippen LogP contribution in [0.25, 0.3) is 21.5 Å². The van der Waals surface area contributed by atoms with E-state index in [1.54, 1.807) is 0 Å². The zero-order chi connectivity index (χ0) is 15.0. The van der Waals surface area contributed by atoms with Crippen molar-refractivity contribution in [2.75, 3.05) is 0 Å². The van der Waals surface area contributed by atoms with Crippen LogP contribution in [0.2, 0.25) is 6.82 Å². The van der Waals surface area contributed by atoms with Gasteiger partial charge in [0.05, 0.1) is 21.5 Å². The molecule has 0 atom stereocenters. The van der Waals surface area contributed by atoms with Crippen molar-refractivity contribution >= 4 is 49.0 Å². The highest BCUT2D eigenvalue weighted by Gasteiger charge is 2.12. The summed E-state index contributed by atoms with van der Waals surface area (Å²) >= 11 is 2.01. The quantitative estimate of drug-likeness (QED) is 0.422. The number of nitrogens with one attached hydrogen (secondary N) is 2. The molecule has 1 aromatic carbocycles. The van der Waals surface area contributed by atoms with Crippen LogP contribution in [0.1, 0.15) is 0 Å². The predicted octanol–water partition coefficient (Wildman–Crippen LogP) is -0.213. The third kappa shape index (κ3) is 2.27. The van der Waals surface area contributed by atoms with Crippen LogP contribution in [-0.4, -0.2) is 16.4 Å². The molecule has 0 amide bonds. The van der Waals surface area contributed by atoms with Gasteiger partial charge in [0.15, 0.2) is 5.10 Å². The number of H-pyrrole nitrogens is 2. The van der Waals surface area contributed by atoms with Crippen LogP contribution in [0.5, 0.6) is 0 Å². The van der Waals surface area contributed by atoms with Gasteiger partial charge < -0.3 is 0 Å². The summed E-state index contributed by atoms with van der Waals surface area (Å²) in [6.07, 6.45) is 0. The summed E-state index contributed by atoms with van der Waals surface area (Å²) < 4.78 is 6.57. The molecule has 0 fully saturated rings. The Hall–Kier alpha value is -1.71. The van der Waals surface area contributed by atoms with Crippen molar-refractivity contribution in [3.8, 4) is 0 Å². The van der Waals surface area contributed by atoms with E-state index in [-0.39, 0.29) is 26.6 Å². The number of rotatable bonds is 0. The van der Waals surface area contributed by atoms with Crippen molar-refractivity contribution in [3.05, 3.63) is 53.5 Å². The maximum Gasteiger partial charge on any atom is 0.258 e. The van der Waals surface area contributed by atoms with Gasteiger partial charge in [0.2, 0.25) is 0 Å². The van der Waals surface area contributed by atoms with Gasteiger partial charge in [-0.25, -0.2) is 0 Å². The Bertz CT molecular complexity index is 835. The van der Waals surface area contributed by atoms with E-state index in [2.05, 4.69) is 9.97 Å². The van der Waals surface area contributed by atoms with Gasteiger partial charge in [-0.1, -0.05) is 6.82 Å². The van der Waals surface area contributed by atoms with Crippen molar-refractivity contribution in [3.63, 3.8) is 0 Å². The van der Waals surface area contributed by atoms with Gasteiger partial charge in [-0.2, -0.15) is 22.4 Å². The highest BCUT2D eigenvalue weighted by Crippen LogP contribution is 2.12. The molecule has 2 aromatic heterocycles. The highest BCUT2D eigenvalue weighted by atomic mass is 127. The van der Waals surface area contributed by atoms with Gasteiger partial charge >= 0.3 is 0 Å². The van der Waals surface area contributed by atoms with E-state index < -0.39 is 22.2 Å². The average Bonchev–Trinajstić information content (AvgIpc) is 2.77. The molecule has 0 bridgehead atoms. The number of fused-ring (bicyclic) bond motifs is 2. The van der Waals surface area contributed by atoms with Crippen molar-refractivity contribution in [2.24, 2.45) is 0 Å². The molecule has 19 heavy (non-hydrogen) atoms. The number of hydrogen-bond acceptors (Lipinski definition) is 4. The Morgan fingerprint density at radius 1 is 0.895 bits per heavy atom. The lowest BCUT2D eigenvalue weighted by Crippen LogP contribution is -2.06. The minimum Gasteiger partial charge on any atom is -0.288 e. The molecule has 3 aromatic rings. The van der Waals surface area contributed by atoms with Gasteiger partial charge in [0.25, 0.3) is 22.2 Å². The van der Waals surface area contributed by atoms with Crippen LogP contribution in [0.4, 0.5) is 0 Å². The highest BCUT2D eigenvalue weighted by molar-refractivity contribution is 14.1. The topological polar surface area (TPSA) is 99.9 Å². The predicted molar refractivity (Wildman–Crippen MR) is 84.6 cm³/mol. The molecule has 3 rings (SSSR count). The molecule has 0 aliphatic heterocycles. The van der Waals surface area contributed by atoms with E-state index in [1.165, 1.54) is 12.1 Å². The number of halogens is 1. The van der Waals surface area contributed by atoms with Gasteiger partial charge in [-0.15, -0.1) is 0 Å². The van der Waals surface area contributed by atoms with Crippen LogP contribution in [0, 0.1) is 0 Å². The van der Waals surface area contributed by atoms with E-state index in [0.717, 1.165) is 0 Å². The Balaban J connectivity index is 0.000000328. The summed E-state index contributed by atoms with van der Waals surface area (Å²) in [5.41, 5.74) is -2.19. The number of benzene rings is 1. The molecule has 2 heterocycles. The normalized spacial score (nSPS) is 11.2. The fraction of sp³-hybridized carbons (Fsp3) is 0.0909. The third-order valence-corrected chi connectivity index (χ3v) is 2.59. The van der Waals surface area contributed by atoms with Gasteiger partial charge in [-0.05, 0) is 13.5 Å². The molecule has 0 saturated carbocycles. The van der Waals surface area contributed by atoms with Crippen molar-refractivity contribution in [1.82, 2.24) is 9.97 Å². The Morgan fingerprint density at radius 2 is 1.11 bits per heavy atom. The first-order valence-electron chi connectivity index (χ1n) is 5.84. The molecule has 0 spiro atoms. The zero-order valence-electron chi connectivity index (χ0n) is 10.7. The average molecular weight is 371 g/mol. The van der Waals surface area contributed by atoms with Gasteiger partial charge in [0, 0.05) is 0 Å².